The maximum absolute atomic E-state index is 11.9. The first-order valence-corrected chi connectivity index (χ1v) is 7.60. The Morgan fingerprint density at radius 3 is 2.61 bits per heavy atom. The molecule has 0 saturated carbocycles. The molecule has 0 bridgehead atoms. The summed E-state index contributed by atoms with van der Waals surface area (Å²) in [5.41, 5.74) is 6.05. The largest absolute Gasteiger partial charge is 0.462 e. The van der Waals surface area contributed by atoms with E-state index in [2.05, 4.69) is 5.32 Å². The van der Waals surface area contributed by atoms with Crippen molar-refractivity contribution in [1.29, 1.82) is 5.26 Å². The van der Waals surface area contributed by atoms with E-state index in [1.807, 2.05) is 6.07 Å². The quantitative estimate of drug-likeness (QED) is 0.707. The smallest absolute Gasteiger partial charge is 0.348 e. The molecule has 1 amide bonds. The number of carbonyl (C=O) groups is 3. The van der Waals surface area contributed by atoms with Crippen molar-refractivity contribution in [1.82, 2.24) is 5.32 Å². The van der Waals surface area contributed by atoms with Crippen molar-refractivity contribution in [3.63, 3.8) is 0 Å². The summed E-state index contributed by atoms with van der Waals surface area (Å²) in [6.45, 7) is 3.06. The van der Waals surface area contributed by atoms with Gasteiger partial charge in [0, 0.05) is 19.0 Å². The maximum atomic E-state index is 11.9. The number of esters is 2. The number of hydrogen-bond acceptors (Lipinski definition) is 8. The molecule has 1 heterocycles. The van der Waals surface area contributed by atoms with Crippen molar-refractivity contribution in [3.8, 4) is 6.07 Å². The third kappa shape index (κ3) is 5.27. The van der Waals surface area contributed by atoms with Crippen LogP contribution in [0, 0.1) is 11.3 Å². The van der Waals surface area contributed by atoms with Gasteiger partial charge in [-0.3, -0.25) is 9.59 Å². The number of rotatable bonds is 7. The van der Waals surface area contributed by atoms with E-state index in [-0.39, 0.29) is 53.1 Å². The molecule has 0 aliphatic rings. The van der Waals surface area contributed by atoms with E-state index in [9.17, 15) is 14.4 Å². The maximum Gasteiger partial charge on any atom is 0.348 e. The fourth-order valence-corrected chi connectivity index (χ4v) is 2.59. The Kier molecular flexibility index (Phi) is 7.02. The van der Waals surface area contributed by atoms with Gasteiger partial charge in [0.1, 0.15) is 22.6 Å². The van der Waals surface area contributed by atoms with Crippen LogP contribution in [-0.4, -0.2) is 31.0 Å². The summed E-state index contributed by atoms with van der Waals surface area (Å²) >= 11 is 0.919. The van der Waals surface area contributed by atoms with Crippen LogP contribution in [0.1, 0.15) is 41.1 Å². The van der Waals surface area contributed by atoms with Crippen LogP contribution >= 0.6 is 11.3 Å². The van der Waals surface area contributed by atoms with Gasteiger partial charge in [-0.05, 0) is 6.92 Å². The molecule has 1 aromatic heterocycles. The van der Waals surface area contributed by atoms with Crippen LogP contribution in [0.5, 0.6) is 0 Å². The van der Waals surface area contributed by atoms with Crippen molar-refractivity contribution < 1.29 is 23.9 Å². The molecule has 0 fully saturated rings. The lowest BCUT2D eigenvalue weighted by molar-refractivity contribution is -0.144. The minimum absolute atomic E-state index is 0.0180. The van der Waals surface area contributed by atoms with Gasteiger partial charge >= 0.3 is 11.9 Å². The van der Waals surface area contributed by atoms with E-state index in [0.29, 0.717) is 0 Å². The predicted molar refractivity (Wildman–Crippen MR) is 82.5 cm³/mol. The second-order valence-electron chi connectivity index (χ2n) is 4.37. The molecule has 1 aromatic rings. The van der Waals surface area contributed by atoms with Crippen molar-refractivity contribution in [2.24, 2.45) is 0 Å². The number of anilines is 1. The number of nitrogens with two attached hydrogens (primary N) is 1. The van der Waals surface area contributed by atoms with Crippen LogP contribution in [-0.2, 0) is 25.7 Å². The summed E-state index contributed by atoms with van der Waals surface area (Å²) in [5.74, 6) is -1.43. The molecule has 1 rings (SSSR count). The Morgan fingerprint density at radius 1 is 1.35 bits per heavy atom. The fourth-order valence-electron chi connectivity index (χ4n) is 1.67. The van der Waals surface area contributed by atoms with Crippen LogP contribution in [0.15, 0.2) is 0 Å². The summed E-state index contributed by atoms with van der Waals surface area (Å²) in [6, 6.07) is 1.89. The van der Waals surface area contributed by atoms with Gasteiger partial charge in [0.2, 0.25) is 5.91 Å². The molecule has 23 heavy (non-hydrogen) atoms. The third-order valence-electron chi connectivity index (χ3n) is 2.69. The predicted octanol–water partition coefficient (Wildman–Crippen LogP) is 0.948. The number of nitrogens with zero attached hydrogens (tertiary/aromatic N) is 1. The lowest BCUT2D eigenvalue weighted by Gasteiger charge is -2.07. The molecule has 0 saturated heterocycles. The molecule has 0 aromatic carbocycles. The van der Waals surface area contributed by atoms with Crippen molar-refractivity contribution in [2.75, 3.05) is 18.9 Å². The Bertz CT molecular complexity index is 648. The van der Waals surface area contributed by atoms with Crippen LogP contribution in [0.25, 0.3) is 0 Å². The van der Waals surface area contributed by atoms with Crippen LogP contribution in [0.4, 0.5) is 5.00 Å². The number of thiophene rings is 1. The Labute approximate surface area is 137 Å². The van der Waals surface area contributed by atoms with Crippen molar-refractivity contribution >= 4 is 34.2 Å². The number of nitriles is 1. The highest BCUT2D eigenvalue weighted by Gasteiger charge is 2.23. The zero-order valence-electron chi connectivity index (χ0n) is 12.8. The minimum Gasteiger partial charge on any atom is -0.462 e. The highest BCUT2D eigenvalue weighted by Crippen LogP contribution is 2.31. The molecule has 0 radical (unpaired) electrons. The first-order valence-electron chi connectivity index (χ1n) is 6.79. The first-order chi connectivity index (χ1) is 10.9. The molecular weight excluding hydrogens is 322 g/mol. The van der Waals surface area contributed by atoms with Gasteiger partial charge in [-0.25, -0.2) is 4.79 Å². The molecular formula is C14H17N3O5S. The highest BCUT2D eigenvalue weighted by atomic mass is 32.1. The molecule has 0 aliphatic carbocycles. The van der Waals surface area contributed by atoms with Crippen LogP contribution < -0.4 is 11.1 Å². The van der Waals surface area contributed by atoms with Crippen molar-refractivity contribution in [3.05, 3.63) is 16.0 Å². The summed E-state index contributed by atoms with van der Waals surface area (Å²) in [5, 5.41) is 11.8. The van der Waals surface area contributed by atoms with E-state index >= 15 is 0 Å². The van der Waals surface area contributed by atoms with E-state index in [4.69, 9.17) is 20.5 Å². The molecule has 0 atom stereocenters. The Hall–Kier alpha value is -2.60. The van der Waals surface area contributed by atoms with Crippen LogP contribution in [0.3, 0.4) is 0 Å². The number of amides is 1. The highest BCUT2D eigenvalue weighted by molar-refractivity contribution is 7.18. The number of ether oxygens (including phenoxy) is 2. The average Bonchev–Trinajstić information content (AvgIpc) is 2.81. The summed E-state index contributed by atoms with van der Waals surface area (Å²) in [4.78, 5) is 34.3. The monoisotopic (exact) mass is 339 g/mol. The SMILES string of the molecule is CCOC(=O)c1sc(N)c(C#N)c1COC(=O)CCNC(C)=O. The second kappa shape index (κ2) is 8.75. The normalized spacial score (nSPS) is 9.78. The lowest BCUT2D eigenvalue weighted by atomic mass is 10.1. The summed E-state index contributed by atoms with van der Waals surface area (Å²) < 4.78 is 9.93. The Balaban J connectivity index is 2.78. The van der Waals surface area contributed by atoms with Gasteiger partial charge in [0.25, 0.3) is 0 Å². The standard InChI is InChI=1S/C14H17N3O5S/c1-3-21-14(20)12-10(9(6-15)13(16)23-12)7-22-11(19)4-5-17-8(2)18/h3-5,7,16H2,1-2H3,(H,17,18). The molecule has 0 aliphatic heterocycles. The Morgan fingerprint density at radius 2 is 2.04 bits per heavy atom. The molecule has 0 unspecified atom stereocenters. The first kappa shape index (κ1) is 18.4. The van der Waals surface area contributed by atoms with E-state index in [1.54, 1.807) is 6.92 Å². The van der Waals surface area contributed by atoms with Gasteiger partial charge in [-0.1, -0.05) is 0 Å². The van der Waals surface area contributed by atoms with Crippen molar-refractivity contribution in [2.45, 2.75) is 26.9 Å². The van der Waals surface area contributed by atoms with Gasteiger partial charge in [0.15, 0.2) is 0 Å². The number of nitrogen functional groups attached to an aromatic ring is 1. The van der Waals surface area contributed by atoms with E-state index < -0.39 is 11.9 Å². The lowest BCUT2D eigenvalue weighted by Crippen LogP contribution is -2.23. The minimum atomic E-state index is -0.616. The third-order valence-corrected chi connectivity index (χ3v) is 3.73. The zero-order chi connectivity index (χ0) is 17.4. The number of carbonyl (C=O) groups excluding carboxylic acids is 3. The topological polar surface area (TPSA) is 132 Å². The number of nitrogens with one attached hydrogen (secondary N) is 1. The zero-order valence-corrected chi connectivity index (χ0v) is 13.6. The second-order valence-corrected chi connectivity index (χ2v) is 5.43. The summed E-state index contributed by atoms with van der Waals surface area (Å²) in [6.07, 6.45) is -0.0180. The van der Waals surface area contributed by atoms with Gasteiger partial charge in [0.05, 0.1) is 18.6 Å². The van der Waals surface area contributed by atoms with E-state index in [0.717, 1.165) is 11.3 Å². The molecule has 124 valence electrons. The van der Waals surface area contributed by atoms with E-state index in [1.165, 1.54) is 6.92 Å². The molecule has 3 N–H and O–H groups in total. The number of hydrogen-bond donors (Lipinski definition) is 2. The average molecular weight is 339 g/mol. The molecule has 8 nitrogen and oxygen atoms in total. The molecule has 9 heteroatoms. The summed E-state index contributed by atoms with van der Waals surface area (Å²) in [7, 11) is 0. The van der Waals surface area contributed by atoms with Crippen LogP contribution in [0.2, 0.25) is 0 Å². The fraction of sp³-hybridized carbons (Fsp3) is 0.429. The molecule has 0 spiro atoms. The van der Waals surface area contributed by atoms with Gasteiger partial charge < -0.3 is 20.5 Å². The van der Waals surface area contributed by atoms with Gasteiger partial charge in [-0.15, -0.1) is 11.3 Å². The van der Waals surface area contributed by atoms with Gasteiger partial charge in [-0.2, -0.15) is 5.26 Å².